The molecule has 0 radical (unpaired) electrons. The summed E-state index contributed by atoms with van der Waals surface area (Å²) in [6, 6.07) is 9.54. The Labute approximate surface area is 179 Å². The van der Waals surface area contributed by atoms with Gasteiger partial charge in [-0.1, -0.05) is 23.5 Å². The number of aromatic nitrogens is 4. The Bertz CT molecular complexity index is 1180. The van der Waals surface area contributed by atoms with Gasteiger partial charge in [-0.25, -0.2) is 4.98 Å². The van der Waals surface area contributed by atoms with Crippen LogP contribution in [0.25, 0.3) is 10.2 Å². The Morgan fingerprint density at radius 2 is 2.07 bits per heavy atom. The largest absolute Gasteiger partial charge is 0.494 e. The summed E-state index contributed by atoms with van der Waals surface area (Å²) in [6.45, 7) is 6.39. The molecule has 0 aliphatic rings. The first-order valence-corrected chi connectivity index (χ1v) is 10.5. The predicted octanol–water partition coefficient (Wildman–Crippen LogP) is 4.63. The van der Waals surface area contributed by atoms with Crippen LogP contribution in [-0.2, 0) is 6.54 Å². The zero-order valence-electron chi connectivity index (χ0n) is 17.4. The molecule has 0 unspecified atom stereocenters. The molecule has 3 aromatic heterocycles. The van der Waals surface area contributed by atoms with Crippen LogP contribution >= 0.6 is 11.3 Å². The predicted molar refractivity (Wildman–Crippen MR) is 118 cm³/mol. The molecule has 0 bridgehead atoms. The SMILES string of the molecule is COc1ccc(C)c2sc(N(Cc3cccnc3)C(=O)c3ccnn3C(C)C)nc12. The first kappa shape index (κ1) is 20.0. The van der Waals surface area contributed by atoms with Crippen molar-refractivity contribution in [1.82, 2.24) is 19.7 Å². The third-order valence-electron chi connectivity index (χ3n) is 4.83. The molecule has 0 atom stereocenters. The van der Waals surface area contributed by atoms with Gasteiger partial charge in [-0.05, 0) is 50.1 Å². The number of carbonyl (C=O) groups is 1. The summed E-state index contributed by atoms with van der Waals surface area (Å²) < 4.78 is 8.23. The van der Waals surface area contributed by atoms with Gasteiger partial charge in [0.05, 0.1) is 18.4 Å². The lowest BCUT2D eigenvalue weighted by molar-refractivity contribution is 0.0973. The fourth-order valence-electron chi connectivity index (χ4n) is 3.31. The van der Waals surface area contributed by atoms with Crippen LogP contribution in [0.15, 0.2) is 48.9 Å². The molecule has 30 heavy (non-hydrogen) atoms. The van der Waals surface area contributed by atoms with E-state index in [0.29, 0.717) is 23.1 Å². The van der Waals surface area contributed by atoms with Crippen LogP contribution < -0.4 is 9.64 Å². The van der Waals surface area contributed by atoms with E-state index in [-0.39, 0.29) is 11.9 Å². The van der Waals surface area contributed by atoms with E-state index in [1.165, 1.54) is 11.3 Å². The average Bonchev–Trinajstić information content (AvgIpc) is 3.41. The monoisotopic (exact) mass is 421 g/mol. The molecular weight excluding hydrogens is 398 g/mol. The molecule has 4 rings (SSSR count). The molecule has 0 N–H and O–H groups in total. The smallest absolute Gasteiger partial charge is 0.278 e. The highest BCUT2D eigenvalue weighted by Gasteiger charge is 2.26. The second kappa shape index (κ2) is 8.23. The quantitative estimate of drug-likeness (QED) is 0.454. The normalized spacial score (nSPS) is 11.2. The highest BCUT2D eigenvalue weighted by Crippen LogP contribution is 2.37. The number of nitrogens with zero attached hydrogens (tertiary/aromatic N) is 5. The molecule has 8 heteroatoms. The van der Waals surface area contributed by atoms with Crippen molar-refractivity contribution in [3.05, 3.63) is 65.7 Å². The summed E-state index contributed by atoms with van der Waals surface area (Å²) >= 11 is 1.48. The first-order valence-electron chi connectivity index (χ1n) is 9.68. The number of benzene rings is 1. The summed E-state index contributed by atoms with van der Waals surface area (Å²) in [5, 5.41) is 4.94. The van der Waals surface area contributed by atoms with Gasteiger partial charge in [-0.2, -0.15) is 5.10 Å². The van der Waals surface area contributed by atoms with Gasteiger partial charge in [0, 0.05) is 24.6 Å². The van der Waals surface area contributed by atoms with Gasteiger partial charge in [0.1, 0.15) is 17.0 Å². The van der Waals surface area contributed by atoms with Crippen LogP contribution in [0.2, 0.25) is 0 Å². The molecule has 1 aromatic carbocycles. The second-order valence-corrected chi connectivity index (χ2v) is 8.24. The maximum absolute atomic E-state index is 13.6. The van der Waals surface area contributed by atoms with Crippen molar-refractivity contribution in [1.29, 1.82) is 0 Å². The molecular formula is C22H23N5O2S. The number of ether oxygens (including phenoxy) is 1. The number of anilines is 1. The number of fused-ring (bicyclic) bond motifs is 1. The van der Waals surface area contributed by atoms with E-state index < -0.39 is 0 Å². The Balaban J connectivity index is 1.83. The minimum absolute atomic E-state index is 0.0666. The van der Waals surface area contributed by atoms with E-state index in [0.717, 1.165) is 21.3 Å². The van der Waals surface area contributed by atoms with E-state index in [2.05, 4.69) is 10.1 Å². The number of thiazole rings is 1. The Morgan fingerprint density at radius 3 is 2.77 bits per heavy atom. The third-order valence-corrected chi connectivity index (χ3v) is 6.04. The molecule has 0 fully saturated rings. The topological polar surface area (TPSA) is 73.1 Å². The lowest BCUT2D eigenvalue weighted by atomic mass is 10.2. The lowest BCUT2D eigenvalue weighted by Crippen LogP contribution is -2.32. The van der Waals surface area contributed by atoms with E-state index in [4.69, 9.17) is 9.72 Å². The first-order chi connectivity index (χ1) is 14.5. The number of amides is 1. The molecule has 154 valence electrons. The van der Waals surface area contributed by atoms with Gasteiger partial charge in [0.2, 0.25) is 0 Å². The van der Waals surface area contributed by atoms with Crippen LogP contribution in [0.1, 0.15) is 41.5 Å². The Kier molecular flexibility index (Phi) is 5.50. The molecule has 4 aromatic rings. The van der Waals surface area contributed by atoms with E-state index in [1.54, 1.807) is 41.3 Å². The Morgan fingerprint density at radius 1 is 1.23 bits per heavy atom. The van der Waals surface area contributed by atoms with Gasteiger partial charge in [-0.15, -0.1) is 0 Å². The highest BCUT2D eigenvalue weighted by atomic mass is 32.1. The van der Waals surface area contributed by atoms with Crippen molar-refractivity contribution in [2.75, 3.05) is 12.0 Å². The van der Waals surface area contributed by atoms with Crippen LogP contribution in [0.5, 0.6) is 5.75 Å². The van der Waals surface area contributed by atoms with Crippen molar-refractivity contribution in [2.24, 2.45) is 0 Å². The van der Waals surface area contributed by atoms with E-state index in [9.17, 15) is 4.79 Å². The molecule has 0 saturated heterocycles. The number of hydrogen-bond acceptors (Lipinski definition) is 6. The van der Waals surface area contributed by atoms with Crippen molar-refractivity contribution in [3.63, 3.8) is 0 Å². The van der Waals surface area contributed by atoms with Crippen molar-refractivity contribution >= 4 is 32.6 Å². The van der Waals surface area contributed by atoms with Crippen molar-refractivity contribution < 1.29 is 9.53 Å². The van der Waals surface area contributed by atoms with Gasteiger partial charge in [-0.3, -0.25) is 19.4 Å². The van der Waals surface area contributed by atoms with Crippen molar-refractivity contribution in [2.45, 2.75) is 33.4 Å². The summed E-state index contributed by atoms with van der Waals surface area (Å²) in [6.07, 6.45) is 5.13. The Hall–Kier alpha value is -3.26. The third kappa shape index (κ3) is 3.66. The minimum atomic E-state index is -0.152. The van der Waals surface area contributed by atoms with Gasteiger partial charge in [0.15, 0.2) is 5.13 Å². The number of carbonyl (C=O) groups excluding carboxylic acids is 1. The maximum atomic E-state index is 13.6. The fraction of sp³-hybridized carbons (Fsp3) is 0.273. The maximum Gasteiger partial charge on any atom is 0.278 e. The number of hydrogen-bond donors (Lipinski definition) is 0. The summed E-state index contributed by atoms with van der Waals surface area (Å²) in [5.74, 6) is 0.542. The summed E-state index contributed by atoms with van der Waals surface area (Å²) in [4.78, 5) is 24.3. The number of aryl methyl sites for hydroxylation is 1. The fourth-order valence-corrected chi connectivity index (χ4v) is 4.36. The average molecular weight is 422 g/mol. The second-order valence-electron chi connectivity index (χ2n) is 7.27. The number of methoxy groups -OCH3 is 1. The zero-order chi connectivity index (χ0) is 21.3. The van der Waals surface area contributed by atoms with E-state index in [1.807, 2.05) is 45.0 Å². The van der Waals surface area contributed by atoms with Gasteiger partial charge < -0.3 is 4.74 Å². The van der Waals surface area contributed by atoms with Crippen LogP contribution in [0.4, 0.5) is 5.13 Å². The molecule has 0 aliphatic heterocycles. The standard InChI is InChI=1S/C22H23N5O2S/c1-14(2)27-17(9-11-24-27)21(28)26(13-16-6-5-10-23-12-16)22-25-19-18(29-4)8-7-15(3)20(19)30-22/h5-12,14H,13H2,1-4H3. The number of rotatable bonds is 6. The minimum Gasteiger partial charge on any atom is -0.494 e. The van der Waals surface area contributed by atoms with Crippen LogP contribution in [-0.4, -0.2) is 32.8 Å². The van der Waals surface area contributed by atoms with Crippen LogP contribution in [0, 0.1) is 6.92 Å². The lowest BCUT2D eigenvalue weighted by Gasteiger charge is -2.21. The molecule has 3 heterocycles. The summed E-state index contributed by atoms with van der Waals surface area (Å²) in [7, 11) is 1.63. The van der Waals surface area contributed by atoms with Crippen LogP contribution in [0.3, 0.4) is 0 Å². The van der Waals surface area contributed by atoms with Crippen molar-refractivity contribution in [3.8, 4) is 5.75 Å². The molecule has 0 aliphatic carbocycles. The highest BCUT2D eigenvalue weighted by molar-refractivity contribution is 7.22. The van der Waals surface area contributed by atoms with E-state index >= 15 is 0 Å². The molecule has 0 saturated carbocycles. The summed E-state index contributed by atoms with van der Waals surface area (Å²) in [5.41, 5.74) is 3.30. The van der Waals surface area contributed by atoms with Gasteiger partial charge >= 0.3 is 0 Å². The number of pyridine rings is 1. The zero-order valence-corrected chi connectivity index (χ0v) is 18.2. The molecule has 7 nitrogen and oxygen atoms in total. The van der Waals surface area contributed by atoms with Gasteiger partial charge in [0.25, 0.3) is 5.91 Å². The molecule has 1 amide bonds. The molecule has 0 spiro atoms.